The van der Waals surface area contributed by atoms with Gasteiger partial charge in [-0.3, -0.25) is 14.6 Å². The van der Waals surface area contributed by atoms with Crippen LogP contribution in [0.2, 0.25) is 0 Å². The van der Waals surface area contributed by atoms with E-state index in [0.29, 0.717) is 32.0 Å². The van der Waals surface area contributed by atoms with E-state index >= 15 is 0 Å². The average Bonchev–Trinajstić information content (AvgIpc) is 3.07. The van der Waals surface area contributed by atoms with E-state index in [2.05, 4.69) is 4.98 Å². The molecule has 0 radical (unpaired) electrons. The number of hydrogen-bond donors (Lipinski definition) is 1. The van der Waals surface area contributed by atoms with Crippen LogP contribution in [0.3, 0.4) is 0 Å². The zero-order valence-corrected chi connectivity index (χ0v) is 15.3. The van der Waals surface area contributed by atoms with E-state index in [-0.39, 0.29) is 24.3 Å². The highest BCUT2D eigenvalue weighted by molar-refractivity contribution is 5.77. The molecule has 0 spiro atoms. The first-order chi connectivity index (χ1) is 12.6. The highest BCUT2D eigenvalue weighted by Gasteiger charge is 2.37. The fourth-order valence-electron chi connectivity index (χ4n) is 4.25. The molecule has 2 amide bonds. The van der Waals surface area contributed by atoms with Gasteiger partial charge in [-0.2, -0.15) is 0 Å². The number of likely N-dealkylation sites (tertiary alicyclic amines) is 1. The van der Waals surface area contributed by atoms with E-state index in [0.717, 1.165) is 5.69 Å². The van der Waals surface area contributed by atoms with Gasteiger partial charge in [0, 0.05) is 43.2 Å². The van der Waals surface area contributed by atoms with E-state index in [1.54, 1.807) is 6.20 Å². The Morgan fingerprint density at radius 1 is 1.19 bits per heavy atom. The van der Waals surface area contributed by atoms with Crippen molar-refractivity contribution < 1.29 is 14.3 Å². The Kier molecular flexibility index (Phi) is 6.61. The van der Waals surface area contributed by atoms with Crippen molar-refractivity contribution in [3.05, 3.63) is 30.1 Å². The van der Waals surface area contributed by atoms with E-state index in [9.17, 15) is 9.59 Å². The number of nitrogens with two attached hydrogens (primary N) is 1. The number of carbonyl (C=O) groups is 2. The summed E-state index contributed by atoms with van der Waals surface area (Å²) in [5, 5.41) is 0. The van der Waals surface area contributed by atoms with Gasteiger partial charge in [-0.05, 0) is 30.9 Å². The molecule has 2 heterocycles. The van der Waals surface area contributed by atoms with Crippen LogP contribution in [-0.4, -0.2) is 48.0 Å². The largest absolute Gasteiger partial charge is 0.371 e. The second kappa shape index (κ2) is 9.12. The fraction of sp³-hybridized carbons (Fsp3) is 0.650. The lowest BCUT2D eigenvalue weighted by atomic mass is 9.87. The van der Waals surface area contributed by atoms with Gasteiger partial charge in [-0.1, -0.05) is 25.3 Å². The zero-order chi connectivity index (χ0) is 18.4. The molecule has 2 aliphatic rings. The van der Waals surface area contributed by atoms with Gasteiger partial charge in [0.1, 0.15) is 6.61 Å². The Morgan fingerprint density at radius 3 is 2.69 bits per heavy atom. The number of nitrogens with zero attached hydrogens (tertiary/aromatic N) is 2. The van der Waals surface area contributed by atoms with Gasteiger partial charge in [0.25, 0.3) is 0 Å². The monoisotopic (exact) mass is 359 g/mol. The molecule has 2 unspecified atom stereocenters. The van der Waals surface area contributed by atoms with Gasteiger partial charge >= 0.3 is 0 Å². The van der Waals surface area contributed by atoms with E-state index in [1.165, 1.54) is 32.1 Å². The minimum Gasteiger partial charge on any atom is -0.371 e. The molecule has 1 aromatic rings. The van der Waals surface area contributed by atoms with Crippen LogP contribution in [0.4, 0.5) is 0 Å². The van der Waals surface area contributed by atoms with Crippen LogP contribution in [0.25, 0.3) is 0 Å². The van der Waals surface area contributed by atoms with Gasteiger partial charge < -0.3 is 15.4 Å². The molecule has 1 aromatic heterocycles. The SMILES string of the molecule is NC(=O)COCC1CN(C(=O)CC2CCCCC2)CC1c1ccccn1. The number of carbonyl (C=O) groups excluding carboxylic acids is 2. The third-order valence-corrected chi connectivity index (χ3v) is 5.63. The molecular formula is C20H29N3O3. The summed E-state index contributed by atoms with van der Waals surface area (Å²) >= 11 is 0. The van der Waals surface area contributed by atoms with E-state index < -0.39 is 5.91 Å². The zero-order valence-electron chi connectivity index (χ0n) is 15.3. The Morgan fingerprint density at radius 2 is 2.00 bits per heavy atom. The highest BCUT2D eigenvalue weighted by Crippen LogP contribution is 2.34. The lowest BCUT2D eigenvalue weighted by Gasteiger charge is -2.24. The second-order valence-electron chi connectivity index (χ2n) is 7.61. The van der Waals surface area contributed by atoms with Crippen LogP contribution < -0.4 is 5.73 Å². The van der Waals surface area contributed by atoms with Gasteiger partial charge in [0.05, 0.1) is 6.61 Å². The molecule has 1 aliphatic carbocycles. The Hall–Kier alpha value is -1.95. The normalized spacial score (nSPS) is 23.9. The van der Waals surface area contributed by atoms with Crippen molar-refractivity contribution in [2.24, 2.45) is 17.6 Å². The Labute approximate surface area is 155 Å². The van der Waals surface area contributed by atoms with Crippen LogP contribution in [0.5, 0.6) is 0 Å². The molecule has 0 bridgehead atoms. The van der Waals surface area contributed by atoms with Gasteiger partial charge in [-0.25, -0.2) is 0 Å². The van der Waals surface area contributed by atoms with E-state index in [4.69, 9.17) is 10.5 Å². The number of aromatic nitrogens is 1. The maximum Gasteiger partial charge on any atom is 0.243 e. The quantitative estimate of drug-likeness (QED) is 0.808. The summed E-state index contributed by atoms with van der Waals surface area (Å²) in [5.74, 6) is 0.589. The third-order valence-electron chi connectivity index (χ3n) is 5.63. The number of primary amides is 1. The molecule has 1 aliphatic heterocycles. The maximum absolute atomic E-state index is 12.8. The number of hydrogen-bond acceptors (Lipinski definition) is 4. The van der Waals surface area contributed by atoms with Crippen LogP contribution in [0.15, 0.2) is 24.4 Å². The summed E-state index contributed by atoms with van der Waals surface area (Å²) in [6.07, 6.45) is 8.58. The van der Waals surface area contributed by atoms with Crippen molar-refractivity contribution in [3.63, 3.8) is 0 Å². The Bertz CT molecular complexity index is 602. The van der Waals surface area contributed by atoms with Crippen molar-refractivity contribution >= 4 is 11.8 Å². The molecule has 26 heavy (non-hydrogen) atoms. The molecule has 2 atom stereocenters. The Balaban J connectivity index is 1.62. The third kappa shape index (κ3) is 5.04. The predicted octanol–water partition coefficient (Wildman–Crippen LogP) is 2.10. The number of amides is 2. The first kappa shape index (κ1) is 18.8. The van der Waals surface area contributed by atoms with Crippen LogP contribution >= 0.6 is 0 Å². The van der Waals surface area contributed by atoms with Crippen LogP contribution in [0.1, 0.15) is 50.1 Å². The predicted molar refractivity (Wildman–Crippen MR) is 98.3 cm³/mol. The smallest absolute Gasteiger partial charge is 0.243 e. The first-order valence-electron chi connectivity index (χ1n) is 9.68. The first-order valence-corrected chi connectivity index (χ1v) is 9.68. The van der Waals surface area contributed by atoms with Gasteiger partial charge in [0.2, 0.25) is 11.8 Å². The number of ether oxygens (including phenoxy) is 1. The second-order valence-corrected chi connectivity index (χ2v) is 7.61. The molecule has 0 aromatic carbocycles. The lowest BCUT2D eigenvalue weighted by Crippen LogP contribution is -2.31. The molecule has 2 fully saturated rings. The van der Waals surface area contributed by atoms with Gasteiger partial charge in [0.15, 0.2) is 0 Å². The molecule has 3 rings (SSSR count). The van der Waals surface area contributed by atoms with Crippen molar-refractivity contribution in [2.45, 2.75) is 44.4 Å². The summed E-state index contributed by atoms with van der Waals surface area (Å²) in [6.45, 7) is 1.66. The standard InChI is InChI=1S/C20H29N3O3/c21-19(24)14-26-13-16-11-23(12-17(16)18-8-4-5-9-22-18)20(25)10-15-6-2-1-3-7-15/h4-5,8-9,15-17H,1-3,6-7,10-14H2,(H2,21,24). The molecule has 142 valence electrons. The highest BCUT2D eigenvalue weighted by atomic mass is 16.5. The summed E-state index contributed by atoms with van der Waals surface area (Å²) < 4.78 is 5.47. The van der Waals surface area contributed by atoms with Crippen molar-refractivity contribution in [1.82, 2.24) is 9.88 Å². The number of rotatable bonds is 7. The maximum atomic E-state index is 12.8. The van der Waals surface area contributed by atoms with Crippen LogP contribution in [0, 0.1) is 11.8 Å². The molecule has 6 heteroatoms. The summed E-state index contributed by atoms with van der Waals surface area (Å²) in [6, 6.07) is 5.86. The molecule has 6 nitrogen and oxygen atoms in total. The molecule has 1 saturated heterocycles. The van der Waals surface area contributed by atoms with Crippen molar-refractivity contribution in [2.75, 3.05) is 26.3 Å². The molecular weight excluding hydrogens is 330 g/mol. The van der Waals surface area contributed by atoms with E-state index in [1.807, 2.05) is 23.1 Å². The van der Waals surface area contributed by atoms with Gasteiger partial charge in [-0.15, -0.1) is 0 Å². The minimum atomic E-state index is -0.470. The summed E-state index contributed by atoms with van der Waals surface area (Å²) in [7, 11) is 0. The summed E-state index contributed by atoms with van der Waals surface area (Å²) in [5.41, 5.74) is 6.14. The number of pyridine rings is 1. The summed E-state index contributed by atoms with van der Waals surface area (Å²) in [4.78, 5) is 30.2. The lowest BCUT2D eigenvalue weighted by molar-refractivity contribution is -0.131. The van der Waals surface area contributed by atoms with Crippen molar-refractivity contribution in [3.8, 4) is 0 Å². The van der Waals surface area contributed by atoms with Crippen LogP contribution in [-0.2, 0) is 14.3 Å². The average molecular weight is 359 g/mol. The molecule has 2 N–H and O–H groups in total. The topological polar surface area (TPSA) is 85.5 Å². The van der Waals surface area contributed by atoms with Crippen molar-refractivity contribution in [1.29, 1.82) is 0 Å². The minimum absolute atomic E-state index is 0.0819. The fourth-order valence-corrected chi connectivity index (χ4v) is 4.25. The molecule has 1 saturated carbocycles.